The Morgan fingerprint density at radius 1 is 0.963 bits per heavy atom. The molecule has 0 aliphatic carbocycles. The zero-order chi connectivity index (χ0) is 20.3. The van der Waals surface area contributed by atoms with Crippen molar-refractivity contribution in [3.05, 3.63) is 12.2 Å². The molecule has 3 N–H and O–H groups in total. The summed E-state index contributed by atoms with van der Waals surface area (Å²) >= 11 is 0. The molecule has 0 aromatic heterocycles. The van der Waals surface area contributed by atoms with Crippen molar-refractivity contribution in [2.75, 3.05) is 0 Å². The molecule has 0 aliphatic heterocycles. The maximum atomic E-state index is 10.2. The third kappa shape index (κ3) is 41.5. The van der Waals surface area contributed by atoms with Gasteiger partial charge in [-0.2, -0.15) is 8.42 Å². The first-order chi connectivity index (χ1) is 12.2. The number of carboxylic acids is 1. The molecule has 0 amide bonds. The number of aliphatic hydroxyl groups is 1. The van der Waals surface area contributed by atoms with Crippen LogP contribution in [0.3, 0.4) is 0 Å². The summed E-state index contributed by atoms with van der Waals surface area (Å²) in [5.74, 6) is -0.939. The summed E-state index contributed by atoms with van der Waals surface area (Å²) in [5, 5.41) is 20.0. The average molecular weight is 419 g/mol. The third-order valence-corrected chi connectivity index (χ3v) is 3.72. The zero-order valence-corrected chi connectivity index (χ0v) is 19.6. The van der Waals surface area contributed by atoms with Crippen molar-refractivity contribution >= 4 is 16.4 Å². The standard InChI is InChI=1S/C18H34O3.Na.H2O4S/c1-2-3-4-11-14-17(19)15-12-9-7-5-6-8-10-13-16-18(20)21;;1-5(2,3)4/h9,12,17,19H,2-8,10-11,13-16H2,1H3,(H,20,21);;(H2,1,2,3,4)/q;+1;/p-1/b12-9-;;. The summed E-state index contributed by atoms with van der Waals surface area (Å²) in [7, 11) is -4.67. The van der Waals surface area contributed by atoms with Gasteiger partial charge >= 0.3 is 40.0 Å². The van der Waals surface area contributed by atoms with Crippen LogP contribution in [0.4, 0.5) is 0 Å². The van der Waals surface area contributed by atoms with Crippen LogP contribution in [-0.4, -0.2) is 34.7 Å². The Bertz CT molecular complexity index is 445. The van der Waals surface area contributed by atoms with Crippen molar-refractivity contribution in [2.45, 2.75) is 96.5 Å². The van der Waals surface area contributed by atoms with E-state index in [1.54, 1.807) is 0 Å². The first-order valence-corrected chi connectivity index (χ1v) is 10.8. The van der Waals surface area contributed by atoms with Crippen molar-refractivity contribution in [3.8, 4) is 0 Å². The molecule has 0 saturated heterocycles. The number of aliphatic hydroxyl groups excluding tert-OH is 1. The van der Waals surface area contributed by atoms with Gasteiger partial charge in [0.05, 0.1) is 6.10 Å². The Balaban J connectivity index is -0.000000844. The van der Waals surface area contributed by atoms with Gasteiger partial charge in [-0.3, -0.25) is 9.11 Å². The quantitative estimate of drug-likeness (QED) is 0.148. The monoisotopic (exact) mass is 418 g/mol. The maximum Gasteiger partial charge on any atom is 1.00 e. The van der Waals surface area contributed by atoms with Crippen LogP contribution in [0.5, 0.6) is 0 Å². The molecule has 0 aromatic carbocycles. The van der Waals surface area contributed by atoms with Crippen LogP contribution in [0.15, 0.2) is 12.2 Å². The van der Waals surface area contributed by atoms with Crippen molar-refractivity contribution in [2.24, 2.45) is 0 Å². The Morgan fingerprint density at radius 3 is 2.04 bits per heavy atom. The van der Waals surface area contributed by atoms with E-state index in [1.807, 2.05) is 0 Å². The van der Waals surface area contributed by atoms with Gasteiger partial charge in [0.2, 0.25) is 0 Å². The van der Waals surface area contributed by atoms with E-state index in [0.29, 0.717) is 0 Å². The van der Waals surface area contributed by atoms with Crippen LogP contribution < -0.4 is 34.7 Å². The van der Waals surface area contributed by atoms with E-state index < -0.39 is 16.4 Å². The second-order valence-corrected chi connectivity index (χ2v) is 7.23. The largest absolute Gasteiger partial charge is 1.00 e. The molecule has 0 radical (unpaired) electrons. The Morgan fingerprint density at radius 2 is 1.48 bits per heavy atom. The number of hydrogen-bond acceptors (Lipinski definition) is 5. The summed E-state index contributed by atoms with van der Waals surface area (Å²) in [6.07, 6.45) is 17.0. The number of hydrogen-bond donors (Lipinski definition) is 3. The van der Waals surface area contributed by atoms with E-state index in [2.05, 4.69) is 19.1 Å². The van der Waals surface area contributed by atoms with Crippen LogP contribution >= 0.6 is 0 Å². The van der Waals surface area contributed by atoms with Crippen LogP contribution in [0.2, 0.25) is 0 Å². The second kappa shape index (κ2) is 22.3. The maximum absolute atomic E-state index is 10.2. The molecule has 0 saturated carbocycles. The average Bonchev–Trinajstić information content (AvgIpc) is 2.51. The number of allylic oxidation sites excluding steroid dienone is 1. The molecule has 0 bridgehead atoms. The molecule has 1 atom stereocenters. The minimum absolute atomic E-state index is 0. The molecule has 156 valence electrons. The van der Waals surface area contributed by atoms with Gasteiger partial charge in [0, 0.05) is 5.97 Å². The van der Waals surface area contributed by atoms with E-state index in [-0.39, 0.29) is 42.1 Å². The third-order valence-electron chi connectivity index (χ3n) is 3.72. The topological polar surface area (TPSA) is 135 Å². The summed E-state index contributed by atoms with van der Waals surface area (Å²) in [6, 6.07) is 0. The molecule has 0 heterocycles. The Kier molecular flexibility index (Phi) is 26.2. The van der Waals surface area contributed by atoms with Gasteiger partial charge in [-0.05, 0) is 38.5 Å². The summed E-state index contributed by atoms with van der Waals surface area (Å²) in [4.78, 5) is 10.2. The molecule has 0 spiro atoms. The summed E-state index contributed by atoms with van der Waals surface area (Å²) in [6.45, 7) is 2.20. The minimum Gasteiger partial charge on any atom is -0.550 e. The van der Waals surface area contributed by atoms with Crippen LogP contribution in [0, 0.1) is 0 Å². The molecule has 9 heteroatoms. The number of aliphatic carboxylic acids is 1. The van der Waals surface area contributed by atoms with Gasteiger partial charge in [0.25, 0.3) is 0 Å². The van der Waals surface area contributed by atoms with E-state index in [4.69, 9.17) is 17.5 Å². The van der Waals surface area contributed by atoms with Gasteiger partial charge < -0.3 is 15.0 Å². The number of rotatable bonds is 15. The number of carboxylic acid groups (broad SMARTS) is 1. The second-order valence-electron chi connectivity index (χ2n) is 6.34. The van der Waals surface area contributed by atoms with Crippen LogP contribution in [-0.2, 0) is 15.2 Å². The molecule has 0 rings (SSSR count). The normalized spacial score (nSPS) is 12.1. The molecule has 27 heavy (non-hydrogen) atoms. The number of carbonyl (C=O) groups is 1. The van der Waals surface area contributed by atoms with Crippen molar-refractivity contribution in [1.29, 1.82) is 0 Å². The van der Waals surface area contributed by atoms with Gasteiger partial charge in [-0.25, -0.2) is 0 Å². The predicted molar refractivity (Wildman–Crippen MR) is 100 cm³/mol. The molecule has 7 nitrogen and oxygen atoms in total. The van der Waals surface area contributed by atoms with E-state index in [1.165, 1.54) is 19.3 Å². The molecule has 0 aromatic rings. The van der Waals surface area contributed by atoms with E-state index in [9.17, 15) is 15.0 Å². The molecule has 0 fully saturated rings. The van der Waals surface area contributed by atoms with E-state index >= 15 is 0 Å². The van der Waals surface area contributed by atoms with Crippen LogP contribution in [0.25, 0.3) is 0 Å². The fourth-order valence-electron chi connectivity index (χ4n) is 2.36. The van der Waals surface area contributed by atoms with Crippen molar-refractivity contribution in [3.63, 3.8) is 0 Å². The molecule has 0 aliphatic rings. The molecule has 1 unspecified atom stereocenters. The Labute approximate surface area is 186 Å². The first kappa shape index (κ1) is 31.7. The number of carbonyl (C=O) groups excluding carboxylic acids is 1. The van der Waals surface area contributed by atoms with Gasteiger partial charge in [-0.15, -0.1) is 0 Å². The van der Waals surface area contributed by atoms with Crippen molar-refractivity contribution < 1.29 is 62.1 Å². The zero-order valence-electron chi connectivity index (χ0n) is 16.8. The van der Waals surface area contributed by atoms with Gasteiger partial charge in [0.1, 0.15) is 0 Å². The summed E-state index contributed by atoms with van der Waals surface area (Å²) in [5.41, 5.74) is 0. The fourth-order valence-corrected chi connectivity index (χ4v) is 2.36. The fraction of sp³-hybridized carbons (Fsp3) is 0.833. The minimum atomic E-state index is -4.67. The number of unbranched alkanes of at least 4 members (excludes halogenated alkanes) is 8. The molecular formula is C18H35NaO7S. The Hall–Kier alpha value is 0.0400. The predicted octanol–water partition coefficient (Wildman–Crippen LogP) is 0.0958. The van der Waals surface area contributed by atoms with E-state index in [0.717, 1.165) is 57.8 Å². The van der Waals surface area contributed by atoms with Gasteiger partial charge in [-0.1, -0.05) is 64.0 Å². The summed E-state index contributed by atoms with van der Waals surface area (Å²) < 4.78 is 31.6. The molecular weight excluding hydrogens is 383 g/mol. The van der Waals surface area contributed by atoms with Gasteiger partial charge in [0.15, 0.2) is 0 Å². The first-order valence-electron chi connectivity index (χ1n) is 9.39. The SMILES string of the molecule is CCCCCCC(O)C/C=C\CCCCCCCC(=O)[O-].O=S(=O)(O)O.[Na+]. The smallest absolute Gasteiger partial charge is 0.550 e. The van der Waals surface area contributed by atoms with Crippen LogP contribution in [0.1, 0.15) is 90.4 Å². The van der Waals surface area contributed by atoms with Crippen molar-refractivity contribution in [1.82, 2.24) is 0 Å².